The van der Waals surface area contributed by atoms with Gasteiger partial charge in [-0.3, -0.25) is 0 Å². The molecule has 0 aliphatic heterocycles. The molecule has 2 rings (SSSR count). The highest BCUT2D eigenvalue weighted by atomic mass is 79.9. The van der Waals surface area contributed by atoms with E-state index in [0.717, 1.165) is 35.0 Å². The molecule has 102 valence electrons. The number of hydrogen-bond acceptors (Lipinski definition) is 4. The predicted molar refractivity (Wildman–Crippen MR) is 75.5 cm³/mol. The number of nitrogens with zero attached hydrogens (tertiary/aromatic N) is 1. The van der Waals surface area contributed by atoms with E-state index in [0.29, 0.717) is 12.4 Å². The minimum Gasteiger partial charge on any atom is -0.495 e. The summed E-state index contributed by atoms with van der Waals surface area (Å²) >= 11 is 3.47. The van der Waals surface area contributed by atoms with Crippen LogP contribution in [0.25, 0.3) is 0 Å². The molecule has 0 amide bonds. The Morgan fingerprint density at radius 3 is 2.63 bits per heavy atom. The summed E-state index contributed by atoms with van der Waals surface area (Å²) in [5, 5.41) is 0. The molecule has 19 heavy (non-hydrogen) atoms. The lowest BCUT2D eigenvalue weighted by Gasteiger charge is -2.38. The molecule has 0 bridgehead atoms. The van der Waals surface area contributed by atoms with Gasteiger partial charge in [0.15, 0.2) is 0 Å². The fourth-order valence-corrected chi connectivity index (χ4v) is 2.88. The standard InChI is InChI=1S/C14H16BrNO3/c1-3-19-12-8-13(18-2)11(15)7-10(12)14(16-9-17)5-4-6-14/h7-8H,3-6H2,1-2H3. The van der Waals surface area contributed by atoms with Crippen molar-refractivity contribution in [2.24, 2.45) is 4.99 Å². The van der Waals surface area contributed by atoms with Gasteiger partial charge in [0.05, 0.1) is 18.2 Å². The Morgan fingerprint density at radius 1 is 1.42 bits per heavy atom. The van der Waals surface area contributed by atoms with Crippen molar-refractivity contribution in [3.05, 3.63) is 22.2 Å². The third kappa shape index (κ3) is 2.53. The number of ether oxygens (including phenoxy) is 2. The fraction of sp³-hybridized carbons (Fsp3) is 0.500. The van der Waals surface area contributed by atoms with Crippen LogP contribution in [0.2, 0.25) is 0 Å². The molecule has 4 nitrogen and oxygen atoms in total. The monoisotopic (exact) mass is 325 g/mol. The molecule has 0 spiro atoms. The van der Waals surface area contributed by atoms with Crippen LogP contribution in [0.1, 0.15) is 31.7 Å². The normalized spacial score (nSPS) is 16.2. The second-order valence-corrected chi connectivity index (χ2v) is 5.36. The molecule has 0 aromatic heterocycles. The molecule has 1 aromatic carbocycles. The van der Waals surface area contributed by atoms with Gasteiger partial charge in [0.1, 0.15) is 17.0 Å². The van der Waals surface area contributed by atoms with E-state index in [4.69, 9.17) is 9.47 Å². The predicted octanol–water partition coefficient (Wildman–Crippen LogP) is 3.57. The van der Waals surface area contributed by atoms with E-state index in [-0.39, 0.29) is 0 Å². The maximum Gasteiger partial charge on any atom is 0.235 e. The lowest BCUT2D eigenvalue weighted by atomic mass is 9.72. The molecule has 1 aliphatic carbocycles. The molecule has 1 aliphatic rings. The number of isocyanates is 1. The van der Waals surface area contributed by atoms with Crippen LogP contribution in [0.4, 0.5) is 0 Å². The van der Waals surface area contributed by atoms with E-state index in [1.54, 1.807) is 13.2 Å². The van der Waals surface area contributed by atoms with Crippen molar-refractivity contribution in [2.75, 3.05) is 13.7 Å². The first-order valence-corrected chi connectivity index (χ1v) is 7.06. The maximum absolute atomic E-state index is 10.7. The van der Waals surface area contributed by atoms with Crippen molar-refractivity contribution < 1.29 is 14.3 Å². The smallest absolute Gasteiger partial charge is 0.235 e. The number of methoxy groups -OCH3 is 1. The molecular weight excluding hydrogens is 310 g/mol. The lowest BCUT2D eigenvalue weighted by molar-refractivity contribution is 0.239. The number of halogens is 1. The Balaban J connectivity index is 2.54. The first-order valence-electron chi connectivity index (χ1n) is 6.26. The van der Waals surface area contributed by atoms with Gasteiger partial charge in [-0.15, -0.1) is 0 Å². The van der Waals surface area contributed by atoms with Gasteiger partial charge in [0.25, 0.3) is 0 Å². The van der Waals surface area contributed by atoms with E-state index in [2.05, 4.69) is 20.9 Å². The van der Waals surface area contributed by atoms with E-state index in [1.165, 1.54) is 0 Å². The van der Waals surface area contributed by atoms with Gasteiger partial charge in [-0.1, -0.05) is 0 Å². The Kier molecular flexibility index (Phi) is 4.27. The summed E-state index contributed by atoms with van der Waals surface area (Å²) in [5.41, 5.74) is 0.456. The average molecular weight is 326 g/mol. The van der Waals surface area contributed by atoms with Crippen molar-refractivity contribution in [1.82, 2.24) is 0 Å². The number of rotatable bonds is 5. The fourth-order valence-electron chi connectivity index (χ4n) is 2.37. The molecule has 0 saturated heterocycles. The molecular formula is C14H16BrNO3. The molecule has 0 N–H and O–H groups in total. The van der Waals surface area contributed by atoms with Crippen LogP contribution >= 0.6 is 15.9 Å². The lowest BCUT2D eigenvalue weighted by Crippen LogP contribution is -2.32. The third-order valence-corrected chi connectivity index (χ3v) is 4.12. The van der Waals surface area contributed by atoms with Gasteiger partial charge in [-0.05, 0) is 48.2 Å². The molecule has 1 saturated carbocycles. The Labute approximate surface area is 120 Å². The molecule has 0 unspecified atom stereocenters. The number of aliphatic imine (C=N–C) groups is 1. The summed E-state index contributed by atoms with van der Waals surface area (Å²) in [6, 6.07) is 3.77. The zero-order chi connectivity index (χ0) is 13.9. The minimum atomic E-state index is -0.471. The molecule has 0 radical (unpaired) electrons. The second kappa shape index (κ2) is 5.76. The van der Waals surface area contributed by atoms with Crippen molar-refractivity contribution in [2.45, 2.75) is 31.7 Å². The largest absolute Gasteiger partial charge is 0.495 e. The first-order chi connectivity index (χ1) is 9.16. The Morgan fingerprint density at radius 2 is 2.16 bits per heavy atom. The van der Waals surface area contributed by atoms with Crippen LogP contribution in [0.15, 0.2) is 21.6 Å². The SMILES string of the molecule is CCOc1cc(OC)c(Br)cc1C1(N=C=O)CCC1. The van der Waals surface area contributed by atoms with Crippen molar-refractivity contribution >= 4 is 22.0 Å². The van der Waals surface area contributed by atoms with Crippen LogP contribution in [0, 0.1) is 0 Å². The van der Waals surface area contributed by atoms with Crippen molar-refractivity contribution in [1.29, 1.82) is 0 Å². The molecule has 1 aromatic rings. The van der Waals surface area contributed by atoms with Crippen LogP contribution < -0.4 is 9.47 Å². The number of carbonyl (C=O) groups excluding carboxylic acids is 1. The van der Waals surface area contributed by atoms with E-state index < -0.39 is 5.54 Å². The summed E-state index contributed by atoms with van der Waals surface area (Å²) in [7, 11) is 1.61. The zero-order valence-corrected chi connectivity index (χ0v) is 12.6. The summed E-state index contributed by atoms with van der Waals surface area (Å²) in [6.07, 6.45) is 4.45. The molecule has 5 heteroatoms. The van der Waals surface area contributed by atoms with Gasteiger partial charge in [-0.25, -0.2) is 4.79 Å². The van der Waals surface area contributed by atoms with Crippen LogP contribution in [0.3, 0.4) is 0 Å². The topological polar surface area (TPSA) is 47.9 Å². The van der Waals surface area contributed by atoms with Gasteiger partial charge in [0, 0.05) is 11.6 Å². The minimum absolute atomic E-state index is 0.471. The number of benzene rings is 1. The van der Waals surface area contributed by atoms with Gasteiger partial charge in [-0.2, -0.15) is 4.99 Å². The number of hydrogen-bond donors (Lipinski definition) is 0. The summed E-state index contributed by atoms with van der Waals surface area (Å²) in [6.45, 7) is 2.48. The van der Waals surface area contributed by atoms with Crippen molar-refractivity contribution in [3.63, 3.8) is 0 Å². The van der Waals surface area contributed by atoms with Gasteiger partial charge in [0.2, 0.25) is 6.08 Å². The molecule has 0 heterocycles. The first kappa shape index (κ1) is 14.1. The summed E-state index contributed by atoms with van der Waals surface area (Å²) < 4.78 is 11.8. The molecule has 1 fully saturated rings. The zero-order valence-electron chi connectivity index (χ0n) is 11.0. The van der Waals surface area contributed by atoms with E-state index in [9.17, 15) is 4.79 Å². The summed E-state index contributed by atoms with van der Waals surface area (Å²) in [5.74, 6) is 1.43. The second-order valence-electron chi connectivity index (χ2n) is 4.50. The van der Waals surface area contributed by atoms with Gasteiger partial charge >= 0.3 is 0 Å². The maximum atomic E-state index is 10.7. The van der Waals surface area contributed by atoms with E-state index >= 15 is 0 Å². The quantitative estimate of drug-likeness (QED) is 0.614. The Bertz CT molecular complexity index is 520. The highest BCUT2D eigenvalue weighted by molar-refractivity contribution is 9.10. The third-order valence-electron chi connectivity index (χ3n) is 3.50. The van der Waals surface area contributed by atoms with Gasteiger partial charge < -0.3 is 9.47 Å². The average Bonchev–Trinajstić information content (AvgIpc) is 2.36. The molecule has 0 atom stereocenters. The highest BCUT2D eigenvalue weighted by Gasteiger charge is 2.41. The highest BCUT2D eigenvalue weighted by Crippen LogP contribution is 2.50. The van der Waals surface area contributed by atoms with Crippen LogP contribution in [-0.2, 0) is 10.3 Å². The Hall–Kier alpha value is -1.32. The van der Waals surface area contributed by atoms with Crippen LogP contribution in [0.5, 0.6) is 11.5 Å². The van der Waals surface area contributed by atoms with Crippen LogP contribution in [-0.4, -0.2) is 19.8 Å². The van der Waals surface area contributed by atoms with Crippen molar-refractivity contribution in [3.8, 4) is 11.5 Å². The van der Waals surface area contributed by atoms with E-state index in [1.807, 2.05) is 19.1 Å². The summed E-state index contributed by atoms with van der Waals surface area (Å²) in [4.78, 5) is 14.7.